The summed E-state index contributed by atoms with van der Waals surface area (Å²) in [5.41, 5.74) is -0.397. The largest absolute Gasteiger partial charge is 0.416 e. The second-order valence-corrected chi connectivity index (χ2v) is 11.7. The summed E-state index contributed by atoms with van der Waals surface area (Å²) in [5, 5.41) is 4.25. The predicted octanol–water partition coefficient (Wildman–Crippen LogP) is 4.08. The Kier molecular flexibility index (Phi) is 6.98. The average molecular weight is 518 g/mol. The summed E-state index contributed by atoms with van der Waals surface area (Å²) in [6.45, 7) is 2.04. The Bertz CT molecular complexity index is 1200. The lowest BCUT2D eigenvalue weighted by Crippen LogP contribution is -2.42. The van der Waals surface area contributed by atoms with E-state index in [0.29, 0.717) is 31.3 Å². The number of ether oxygens (including phenoxy) is 1. The third-order valence-corrected chi connectivity index (χ3v) is 9.31. The number of sulfone groups is 1. The van der Waals surface area contributed by atoms with Crippen LogP contribution in [0.1, 0.15) is 55.7 Å². The molecule has 2 atom stereocenters. The minimum Gasteiger partial charge on any atom is -0.372 e. The summed E-state index contributed by atoms with van der Waals surface area (Å²) in [7, 11) is -4.17. The second-order valence-electron chi connectivity index (χ2n) is 9.19. The van der Waals surface area contributed by atoms with Crippen LogP contribution >= 0.6 is 0 Å². The number of hydrogen-bond donors (Lipinski definition) is 0. The third-order valence-electron chi connectivity index (χ3n) is 6.77. The zero-order chi connectivity index (χ0) is 25.4. The average Bonchev–Trinajstić information content (AvgIpc) is 3.42. The van der Waals surface area contributed by atoms with E-state index in [1.807, 2.05) is 0 Å². The highest BCUT2D eigenvalue weighted by atomic mass is 32.2. The summed E-state index contributed by atoms with van der Waals surface area (Å²) < 4.78 is 86.0. The monoisotopic (exact) mass is 517 g/mol. The fourth-order valence-corrected chi connectivity index (χ4v) is 6.51. The first-order valence-corrected chi connectivity index (χ1v) is 12.9. The topological polar surface area (TPSA) is 81.5 Å². The minimum atomic E-state index is -4.67. The van der Waals surface area contributed by atoms with Gasteiger partial charge in [-0.1, -0.05) is 6.07 Å². The number of carbonyl (C=O) groups is 1. The van der Waals surface area contributed by atoms with E-state index in [-0.39, 0.29) is 37.6 Å². The van der Waals surface area contributed by atoms with Gasteiger partial charge < -0.3 is 9.64 Å². The molecule has 2 unspecified atom stereocenters. The quantitative estimate of drug-likeness (QED) is 0.517. The van der Waals surface area contributed by atoms with Gasteiger partial charge >= 0.3 is 6.18 Å². The van der Waals surface area contributed by atoms with Crippen LogP contribution in [-0.4, -0.2) is 53.4 Å². The molecular formula is C23H27F4N3O4S. The first-order chi connectivity index (χ1) is 16.4. The highest BCUT2D eigenvalue weighted by Gasteiger charge is 2.46. The SMILES string of the molecule is CC1(S(=O)(=O)c2cccc(C(F)(F)F)c2)CCOC(c2cc(CF)nn2CCN2CCCC2=O)C1. The number of rotatable bonds is 7. The molecule has 4 rings (SSSR count). The van der Waals surface area contributed by atoms with Crippen molar-refractivity contribution in [2.45, 2.75) is 67.7 Å². The lowest BCUT2D eigenvalue weighted by atomic mass is 9.94. The Morgan fingerprint density at radius 3 is 2.66 bits per heavy atom. The zero-order valence-corrected chi connectivity index (χ0v) is 20.0. The van der Waals surface area contributed by atoms with Gasteiger partial charge in [-0.25, -0.2) is 12.8 Å². The van der Waals surface area contributed by atoms with Crippen LogP contribution in [0.5, 0.6) is 0 Å². The van der Waals surface area contributed by atoms with E-state index in [4.69, 9.17) is 4.74 Å². The van der Waals surface area contributed by atoms with Crippen molar-refractivity contribution in [1.29, 1.82) is 0 Å². The van der Waals surface area contributed by atoms with E-state index in [1.165, 1.54) is 23.7 Å². The van der Waals surface area contributed by atoms with Crippen molar-refractivity contribution in [3.05, 3.63) is 47.3 Å². The summed E-state index contributed by atoms with van der Waals surface area (Å²) >= 11 is 0. The smallest absolute Gasteiger partial charge is 0.372 e. The molecule has 2 saturated heterocycles. The van der Waals surface area contributed by atoms with Gasteiger partial charge in [0.25, 0.3) is 0 Å². The number of benzene rings is 1. The molecule has 0 saturated carbocycles. The maximum absolute atomic E-state index is 13.5. The molecule has 7 nitrogen and oxygen atoms in total. The fraction of sp³-hybridized carbons (Fsp3) is 0.565. The van der Waals surface area contributed by atoms with E-state index >= 15 is 0 Å². The standard InChI is InChI=1S/C23H27F4N3O4S/c1-22(35(32,33)18-5-2-4-16(12-18)23(25,26)27)7-11-34-20(14-22)19-13-17(15-24)28-30(19)10-9-29-8-3-6-21(29)31/h2,4-5,12-13,20H,3,6-11,14-15H2,1H3. The number of carbonyl (C=O) groups excluding carboxylic acids is 1. The van der Waals surface area contributed by atoms with Crippen LogP contribution in [0.4, 0.5) is 17.6 Å². The van der Waals surface area contributed by atoms with E-state index in [2.05, 4.69) is 5.10 Å². The predicted molar refractivity (Wildman–Crippen MR) is 118 cm³/mol. The number of likely N-dealkylation sites (tertiary alicyclic amines) is 1. The molecule has 2 aromatic rings. The molecule has 1 aromatic heterocycles. The first-order valence-electron chi connectivity index (χ1n) is 11.4. The van der Waals surface area contributed by atoms with Gasteiger partial charge in [-0.15, -0.1) is 0 Å². The molecule has 0 spiro atoms. The van der Waals surface area contributed by atoms with Gasteiger partial charge in [-0.05, 0) is 50.5 Å². The Labute approximate surface area is 201 Å². The molecule has 1 amide bonds. The second kappa shape index (κ2) is 9.53. The molecule has 0 N–H and O–H groups in total. The third kappa shape index (κ3) is 5.09. The van der Waals surface area contributed by atoms with Crippen molar-refractivity contribution in [2.24, 2.45) is 0 Å². The molecule has 2 aliphatic rings. The van der Waals surface area contributed by atoms with Crippen molar-refractivity contribution in [3.8, 4) is 0 Å². The van der Waals surface area contributed by atoms with Crippen LogP contribution in [0.25, 0.3) is 0 Å². The van der Waals surface area contributed by atoms with Gasteiger partial charge in [0.2, 0.25) is 5.91 Å². The van der Waals surface area contributed by atoms with Crippen molar-refractivity contribution in [1.82, 2.24) is 14.7 Å². The van der Waals surface area contributed by atoms with Crippen LogP contribution in [-0.2, 0) is 38.8 Å². The molecular weight excluding hydrogens is 490 g/mol. The fourth-order valence-electron chi connectivity index (χ4n) is 4.67. The highest BCUT2D eigenvalue weighted by molar-refractivity contribution is 7.92. The van der Waals surface area contributed by atoms with Gasteiger partial charge in [0, 0.05) is 26.1 Å². The first kappa shape index (κ1) is 25.6. The number of aromatic nitrogens is 2. The number of halogens is 4. The molecule has 2 aliphatic heterocycles. The molecule has 192 valence electrons. The summed E-state index contributed by atoms with van der Waals surface area (Å²) in [6.07, 6.45) is -4.11. The van der Waals surface area contributed by atoms with Gasteiger partial charge in [-0.2, -0.15) is 18.3 Å². The van der Waals surface area contributed by atoms with E-state index < -0.39 is 44.0 Å². The van der Waals surface area contributed by atoms with Crippen LogP contribution in [0, 0.1) is 0 Å². The van der Waals surface area contributed by atoms with Gasteiger partial charge in [0.05, 0.1) is 33.1 Å². The summed E-state index contributed by atoms with van der Waals surface area (Å²) in [5.74, 6) is 0.0399. The normalized spacial score (nSPS) is 23.7. The van der Waals surface area contributed by atoms with Crippen LogP contribution < -0.4 is 0 Å². The van der Waals surface area contributed by atoms with E-state index in [0.717, 1.165) is 18.6 Å². The molecule has 1 aromatic carbocycles. The Balaban J connectivity index is 1.60. The molecule has 12 heteroatoms. The van der Waals surface area contributed by atoms with Crippen molar-refractivity contribution < 1.29 is 35.5 Å². The van der Waals surface area contributed by atoms with Gasteiger partial charge in [0.1, 0.15) is 12.8 Å². The maximum Gasteiger partial charge on any atom is 0.416 e. The molecule has 35 heavy (non-hydrogen) atoms. The molecule has 2 fully saturated rings. The van der Waals surface area contributed by atoms with Gasteiger partial charge in [0.15, 0.2) is 9.84 Å². The Hall–Kier alpha value is -2.47. The lowest BCUT2D eigenvalue weighted by molar-refractivity contribution is -0.137. The number of amides is 1. The van der Waals surface area contributed by atoms with Gasteiger partial charge in [-0.3, -0.25) is 9.48 Å². The van der Waals surface area contributed by atoms with Crippen molar-refractivity contribution in [2.75, 3.05) is 19.7 Å². The van der Waals surface area contributed by atoms with Crippen LogP contribution in [0.2, 0.25) is 0 Å². The molecule has 0 bridgehead atoms. The van der Waals surface area contributed by atoms with Crippen molar-refractivity contribution in [3.63, 3.8) is 0 Å². The van der Waals surface area contributed by atoms with E-state index in [1.54, 1.807) is 4.90 Å². The summed E-state index contributed by atoms with van der Waals surface area (Å²) in [6, 6.07) is 5.25. The molecule has 0 aliphatic carbocycles. The summed E-state index contributed by atoms with van der Waals surface area (Å²) in [4.78, 5) is 13.2. The van der Waals surface area contributed by atoms with Crippen molar-refractivity contribution >= 4 is 15.7 Å². The molecule has 0 radical (unpaired) electrons. The lowest BCUT2D eigenvalue weighted by Gasteiger charge is -2.38. The van der Waals surface area contributed by atoms with E-state index in [9.17, 15) is 30.8 Å². The highest BCUT2D eigenvalue weighted by Crippen LogP contribution is 2.43. The Morgan fingerprint density at radius 1 is 1.23 bits per heavy atom. The minimum absolute atomic E-state index is 0.0361. The molecule has 3 heterocycles. The number of nitrogens with zero attached hydrogens (tertiary/aromatic N) is 3. The number of alkyl halides is 4. The number of hydrogen-bond acceptors (Lipinski definition) is 5. The van der Waals surface area contributed by atoms with Crippen LogP contribution in [0.15, 0.2) is 35.2 Å². The van der Waals surface area contributed by atoms with Crippen LogP contribution in [0.3, 0.4) is 0 Å². The maximum atomic E-state index is 13.5. The Morgan fingerprint density at radius 2 is 2.00 bits per heavy atom. The zero-order valence-electron chi connectivity index (χ0n) is 19.2.